The van der Waals surface area contributed by atoms with E-state index in [0.717, 1.165) is 25.0 Å². The molecule has 1 aromatic heterocycles. The molecule has 120 valence electrons. The molecular formula is C15H22N4O3. The van der Waals surface area contributed by atoms with Crippen LogP contribution in [-0.4, -0.2) is 47.5 Å². The van der Waals surface area contributed by atoms with Gasteiger partial charge in [-0.25, -0.2) is 0 Å². The second-order valence-electron chi connectivity index (χ2n) is 6.33. The van der Waals surface area contributed by atoms with E-state index < -0.39 is 6.04 Å². The fourth-order valence-corrected chi connectivity index (χ4v) is 2.77. The Bertz CT molecular complexity index is 565. The van der Waals surface area contributed by atoms with Gasteiger partial charge < -0.3 is 20.5 Å². The molecule has 1 saturated heterocycles. The first kappa shape index (κ1) is 15.0. The molecule has 7 heteroatoms. The van der Waals surface area contributed by atoms with Crippen LogP contribution < -0.4 is 11.1 Å². The maximum atomic E-state index is 12.0. The van der Waals surface area contributed by atoms with E-state index in [1.165, 1.54) is 0 Å². The molecule has 1 aliphatic heterocycles. The van der Waals surface area contributed by atoms with Crippen molar-refractivity contribution in [2.75, 3.05) is 19.6 Å². The summed E-state index contributed by atoms with van der Waals surface area (Å²) in [5, 5.41) is 6.69. The van der Waals surface area contributed by atoms with Crippen LogP contribution in [-0.2, 0) is 4.79 Å². The molecule has 1 aromatic rings. The van der Waals surface area contributed by atoms with Crippen LogP contribution in [0.4, 0.5) is 0 Å². The van der Waals surface area contributed by atoms with Gasteiger partial charge in [0, 0.05) is 31.6 Å². The number of carbonyl (C=O) groups excluding carboxylic acids is 2. The Balaban J connectivity index is 1.46. The standard InChI is InChI=1S/C15H22N4O3/c1-9(16)15(21)19-5-4-10(8-19)7-17-14(20)12-6-13(22-18-12)11-2-3-11/h6,9-11H,2-5,7-8,16H2,1H3,(H,17,20)/t9-,10+/m0/s1. The van der Waals surface area contributed by atoms with Crippen molar-refractivity contribution in [2.24, 2.45) is 11.7 Å². The molecule has 0 radical (unpaired) electrons. The zero-order chi connectivity index (χ0) is 15.7. The van der Waals surface area contributed by atoms with Crippen LogP contribution in [0, 0.1) is 5.92 Å². The van der Waals surface area contributed by atoms with Crippen LogP contribution in [0.5, 0.6) is 0 Å². The third-order valence-corrected chi connectivity index (χ3v) is 4.28. The number of carbonyl (C=O) groups is 2. The zero-order valence-corrected chi connectivity index (χ0v) is 12.7. The normalized spacial score (nSPS) is 22.6. The van der Waals surface area contributed by atoms with Crippen LogP contribution in [0.3, 0.4) is 0 Å². The molecule has 0 unspecified atom stereocenters. The summed E-state index contributed by atoms with van der Waals surface area (Å²) in [5.41, 5.74) is 5.95. The topological polar surface area (TPSA) is 101 Å². The molecule has 0 spiro atoms. The van der Waals surface area contributed by atoms with Gasteiger partial charge in [0.1, 0.15) is 5.76 Å². The van der Waals surface area contributed by atoms with Gasteiger partial charge in [0.25, 0.3) is 5.91 Å². The molecule has 2 amide bonds. The van der Waals surface area contributed by atoms with Crippen LogP contribution in [0.2, 0.25) is 0 Å². The second-order valence-corrected chi connectivity index (χ2v) is 6.33. The zero-order valence-electron chi connectivity index (χ0n) is 12.7. The van der Waals surface area contributed by atoms with Crippen molar-refractivity contribution >= 4 is 11.8 Å². The van der Waals surface area contributed by atoms with E-state index in [2.05, 4.69) is 10.5 Å². The number of nitrogens with two attached hydrogens (primary N) is 1. The maximum Gasteiger partial charge on any atom is 0.273 e. The number of rotatable bonds is 5. The largest absolute Gasteiger partial charge is 0.360 e. The van der Waals surface area contributed by atoms with E-state index >= 15 is 0 Å². The fourth-order valence-electron chi connectivity index (χ4n) is 2.77. The Kier molecular flexibility index (Phi) is 4.15. The minimum absolute atomic E-state index is 0.0283. The number of nitrogens with zero attached hydrogens (tertiary/aromatic N) is 2. The predicted molar refractivity (Wildman–Crippen MR) is 79.1 cm³/mol. The Labute approximate surface area is 129 Å². The molecule has 22 heavy (non-hydrogen) atoms. The van der Waals surface area contributed by atoms with E-state index in [9.17, 15) is 9.59 Å². The molecule has 2 heterocycles. The Morgan fingerprint density at radius 3 is 2.95 bits per heavy atom. The minimum atomic E-state index is -0.468. The van der Waals surface area contributed by atoms with E-state index in [1.807, 2.05) is 0 Å². The molecule has 2 atom stereocenters. The Morgan fingerprint density at radius 2 is 2.27 bits per heavy atom. The van der Waals surface area contributed by atoms with E-state index in [0.29, 0.717) is 31.2 Å². The molecule has 2 aliphatic rings. The predicted octanol–water partition coefficient (Wildman–Crippen LogP) is 0.478. The van der Waals surface area contributed by atoms with E-state index in [1.54, 1.807) is 17.9 Å². The van der Waals surface area contributed by atoms with Crippen molar-refractivity contribution in [3.63, 3.8) is 0 Å². The van der Waals surface area contributed by atoms with Crippen molar-refractivity contribution in [1.82, 2.24) is 15.4 Å². The molecule has 0 aromatic carbocycles. The number of hydrogen-bond donors (Lipinski definition) is 2. The van der Waals surface area contributed by atoms with Crippen molar-refractivity contribution < 1.29 is 14.1 Å². The number of nitrogens with one attached hydrogen (secondary N) is 1. The number of aromatic nitrogens is 1. The summed E-state index contributed by atoms with van der Waals surface area (Å²) in [5.74, 6) is 1.27. The van der Waals surface area contributed by atoms with E-state index in [-0.39, 0.29) is 17.7 Å². The van der Waals surface area contributed by atoms with Crippen LogP contribution >= 0.6 is 0 Å². The quantitative estimate of drug-likeness (QED) is 0.824. The Hall–Kier alpha value is -1.89. The molecule has 0 bridgehead atoms. The molecule has 3 N–H and O–H groups in total. The first-order valence-electron chi connectivity index (χ1n) is 7.83. The summed E-state index contributed by atoms with van der Waals surface area (Å²) in [6.45, 7) is 3.58. The summed E-state index contributed by atoms with van der Waals surface area (Å²) in [4.78, 5) is 25.6. The van der Waals surface area contributed by atoms with Crippen LogP contribution in [0.1, 0.15) is 48.4 Å². The summed E-state index contributed by atoms with van der Waals surface area (Å²) >= 11 is 0. The average Bonchev–Trinajstić information content (AvgIpc) is 3.04. The van der Waals surface area contributed by atoms with Gasteiger partial charge in [0.15, 0.2) is 5.69 Å². The molecule has 7 nitrogen and oxygen atoms in total. The third-order valence-electron chi connectivity index (χ3n) is 4.28. The number of likely N-dealkylation sites (tertiary alicyclic amines) is 1. The lowest BCUT2D eigenvalue weighted by Gasteiger charge is -2.18. The first-order chi connectivity index (χ1) is 10.5. The van der Waals surface area contributed by atoms with Gasteiger partial charge in [-0.05, 0) is 32.1 Å². The van der Waals surface area contributed by atoms with Gasteiger partial charge >= 0.3 is 0 Å². The summed E-state index contributed by atoms with van der Waals surface area (Å²) in [6, 6.07) is 1.26. The van der Waals surface area contributed by atoms with Gasteiger partial charge in [0.2, 0.25) is 5.91 Å². The van der Waals surface area contributed by atoms with Gasteiger partial charge in [0.05, 0.1) is 6.04 Å². The van der Waals surface area contributed by atoms with Gasteiger partial charge in [-0.1, -0.05) is 5.16 Å². The first-order valence-corrected chi connectivity index (χ1v) is 7.83. The monoisotopic (exact) mass is 306 g/mol. The molecule has 2 fully saturated rings. The summed E-state index contributed by atoms with van der Waals surface area (Å²) < 4.78 is 5.18. The molecule has 3 rings (SSSR count). The number of hydrogen-bond acceptors (Lipinski definition) is 5. The lowest BCUT2D eigenvalue weighted by molar-refractivity contribution is -0.131. The van der Waals surface area contributed by atoms with Crippen LogP contribution in [0.25, 0.3) is 0 Å². The summed E-state index contributed by atoms with van der Waals surface area (Å²) in [6.07, 6.45) is 3.11. The highest BCUT2D eigenvalue weighted by Gasteiger charge is 2.30. The van der Waals surface area contributed by atoms with Crippen molar-refractivity contribution in [3.8, 4) is 0 Å². The molecule has 1 aliphatic carbocycles. The highest BCUT2D eigenvalue weighted by Crippen LogP contribution is 2.40. The lowest BCUT2D eigenvalue weighted by atomic mass is 10.1. The molecular weight excluding hydrogens is 284 g/mol. The SMILES string of the molecule is C[C@H](N)C(=O)N1CC[C@H](CNC(=O)c2cc(C3CC3)on2)C1. The minimum Gasteiger partial charge on any atom is -0.360 e. The highest BCUT2D eigenvalue weighted by molar-refractivity contribution is 5.92. The van der Waals surface area contributed by atoms with Gasteiger partial charge in [-0.2, -0.15) is 0 Å². The lowest BCUT2D eigenvalue weighted by Crippen LogP contribution is -2.41. The van der Waals surface area contributed by atoms with Gasteiger partial charge in [-0.15, -0.1) is 0 Å². The third kappa shape index (κ3) is 3.30. The van der Waals surface area contributed by atoms with E-state index in [4.69, 9.17) is 10.3 Å². The second kappa shape index (κ2) is 6.08. The average molecular weight is 306 g/mol. The smallest absolute Gasteiger partial charge is 0.273 e. The maximum absolute atomic E-state index is 12.0. The van der Waals surface area contributed by atoms with Crippen molar-refractivity contribution in [3.05, 3.63) is 17.5 Å². The van der Waals surface area contributed by atoms with Crippen LogP contribution in [0.15, 0.2) is 10.6 Å². The Morgan fingerprint density at radius 1 is 1.50 bits per heavy atom. The fraction of sp³-hybridized carbons (Fsp3) is 0.667. The molecule has 1 saturated carbocycles. The van der Waals surface area contributed by atoms with Crippen molar-refractivity contribution in [1.29, 1.82) is 0 Å². The van der Waals surface area contributed by atoms with Crippen molar-refractivity contribution in [2.45, 2.75) is 38.1 Å². The summed E-state index contributed by atoms with van der Waals surface area (Å²) in [7, 11) is 0. The number of amides is 2. The highest BCUT2D eigenvalue weighted by atomic mass is 16.5. The van der Waals surface area contributed by atoms with Gasteiger partial charge in [-0.3, -0.25) is 9.59 Å².